The van der Waals surface area contributed by atoms with E-state index in [-0.39, 0.29) is 0 Å². The van der Waals surface area contributed by atoms with E-state index in [0.717, 1.165) is 16.7 Å². The standard InChI is InChI=1S/C48H32N2.C7H8/c49-45(30-13-2-1-3-14-30)29-46(50)34-18-12-17-33(25-34)39-28-44-47(38-22-7-6-19-35(38)39)40-26-31-15-4-5-16-32(31)27-43(40)48(44)41-23-10-8-20-36(41)37-21-9-11-24-42(37)48;1-7-5-3-2-4-6-7/h1-29,49H,50H2;2-6H,1H3/b46-29-,49-45?;. The number of nitrogens with two attached hydrogens (primary N) is 1. The predicted molar refractivity (Wildman–Crippen MR) is 240 cm³/mol. The first-order valence-electron chi connectivity index (χ1n) is 19.6. The summed E-state index contributed by atoms with van der Waals surface area (Å²) < 4.78 is 0. The first-order valence-corrected chi connectivity index (χ1v) is 19.6. The highest BCUT2D eigenvalue weighted by Gasteiger charge is 2.52. The summed E-state index contributed by atoms with van der Waals surface area (Å²) in [6.07, 6.45) is 1.76. The SMILES string of the molecule is Cc1ccccc1.N=C(/C=C(\N)c1cccc(-c2cc3c(c4ccccc24)-c2cc4ccccc4cc2C32c3ccccc3-c3ccccc32)c1)c1ccccc1. The number of aryl methyl sites for hydroxylation is 1. The molecule has 0 atom stereocenters. The highest BCUT2D eigenvalue weighted by Crippen LogP contribution is 2.64. The molecule has 0 unspecified atom stereocenters. The summed E-state index contributed by atoms with van der Waals surface area (Å²) in [6.45, 7) is 2.08. The van der Waals surface area contributed by atoms with Crippen LogP contribution >= 0.6 is 0 Å². The van der Waals surface area contributed by atoms with E-state index in [1.807, 2.05) is 54.6 Å². The number of fused-ring (bicyclic) bond motifs is 13. The van der Waals surface area contributed by atoms with E-state index in [2.05, 4.69) is 153 Å². The topological polar surface area (TPSA) is 49.9 Å². The lowest BCUT2D eigenvalue weighted by Crippen LogP contribution is -2.26. The first-order chi connectivity index (χ1) is 28.0. The van der Waals surface area contributed by atoms with Crippen LogP contribution in [0.15, 0.2) is 206 Å². The summed E-state index contributed by atoms with van der Waals surface area (Å²) >= 11 is 0. The Morgan fingerprint density at radius 2 is 1.02 bits per heavy atom. The van der Waals surface area contributed by atoms with Crippen molar-refractivity contribution in [2.75, 3.05) is 0 Å². The predicted octanol–water partition coefficient (Wildman–Crippen LogP) is 13.4. The molecule has 270 valence electrons. The van der Waals surface area contributed by atoms with Crippen LogP contribution < -0.4 is 5.73 Å². The fourth-order valence-corrected chi connectivity index (χ4v) is 9.26. The zero-order valence-corrected chi connectivity index (χ0v) is 31.7. The molecule has 0 saturated carbocycles. The Hall–Kier alpha value is -7.29. The Labute approximate surface area is 333 Å². The summed E-state index contributed by atoms with van der Waals surface area (Å²) in [7, 11) is 0. The number of rotatable bonds is 4. The molecule has 0 aliphatic heterocycles. The van der Waals surface area contributed by atoms with Crippen molar-refractivity contribution in [2.24, 2.45) is 5.73 Å². The second kappa shape index (κ2) is 13.8. The third-order valence-electron chi connectivity index (χ3n) is 11.8. The molecule has 0 bridgehead atoms. The van der Waals surface area contributed by atoms with E-state index in [9.17, 15) is 0 Å². The zero-order valence-electron chi connectivity index (χ0n) is 31.7. The molecule has 0 heterocycles. The highest BCUT2D eigenvalue weighted by molar-refractivity contribution is 6.13. The number of allylic oxidation sites excluding steroid dienone is 1. The normalized spacial score (nSPS) is 13.0. The second-order valence-corrected chi connectivity index (χ2v) is 15.1. The molecule has 9 aromatic rings. The van der Waals surface area contributed by atoms with Gasteiger partial charge in [0.25, 0.3) is 0 Å². The summed E-state index contributed by atoms with van der Waals surface area (Å²) in [5, 5.41) is 13.6. The minimum Gasteiger partial charge on any atom is -0.398 e. The van der Waals surface area contributed by atoms with Gasteiger partial charge in [-0.2, -0.15) is 0 Å². The first kappa shape index (κ1) is 34.2. The van der Waals surface area contributed by atoms with Gasteiger partial charge in [-0.1, -0.05) is 181 Å². The lowest BCUT2D eigenvalue weighted by molar-refractivity contribution is 0.796. The van der Waals surface area contributed by atoms with E-state index in [0.29, 0.717) is 11.4 Å². The number of hydrogen-bond donors (Lipinski definition) is 2. The van der Waals surface area contributed by atoms with Gasteiger partial charge in [-0.3, -0.25) is 0 Å². The molecule has 0 saturated heterocycles. The third-order valence-corrected chi connectivity index (χ3v) is 11.8. The molecule has 2 aliphatic carbocycles. The van der Waals surface area contributed by atoms with Gasteiger partial charge in [-0.15, -0.1) is 0 Å². The van der Waals surface area contributed by atoms with Gasteiger partial charge < -0.3 is 11.1 Å². The van der Waals surface area contributed by atoms with Crippen molar-refractivity contribution in [2.45, 2.75) is 12.3 Å². The zero-order chi connectivity index (χ0) is 38.5. The lowest BCUT2D eigenvalue weighted by Gasteiger charge is -2.31. The van der Waals surface area contributed by atoms with E-state index in [1.165, 1.54) is 77.2 Å². The maximum atomic E-state index is 8.69. The number of hydrogen-bond acceptors (Lipinski definition) is 2. The summed E-state index contributed by atoms with van der Waals surface area (Å²) in [4.78, 5) is 0. The fourth-order valence-electron chi connectivity index (χ4n) is 9.26. The Morgan fingerprint density at radius 3 is 1.68 bits per heavy atom. The van der Waals surface area contributed by atoms with E-state index >= 15 is 0 Å². The Morgan fingerprint density at radius 1 is 0.456 bits per heavy atom. The smallest absolute Gasteiger partial charge is 0.0726 e. The molecule has 11 rings (SSSR count). The van der Waals surface area contributed by atoms with E-state index in [1.54, 1.807) is 6.08 Å². The van der Waals surface area contributed by atoms with Gasteiger partial charge >= 0.3 is 0 Å². The Kier molecular flexibility index (Phi) is 8.27. The average Bonchev–Trinajstić information content (AvgIpc) is 3.73. The molecule has 9 aromatic carbocycles. The van der Waals surface area contributed by atoms with Crippen LogP contribution in [-0.4, -0.2) is 5.71 Å². The average molecular weight is 729 g/mol. The van der Waals surface area contributed by atoms with Crippen LogP contribution in [-0.2, 0) is 5.41 Å². The molecule has 0 radical (unpaired) electrons. The molecule has 0 fully saturated rings. The van der Waals surface area contributed by atoms with Crippen molar-refractivity contribution in [1.82, 2.24) is 0 Å². The van der Waals surface area contributed by atoms with Crippen molar-refractivity contribution < 1.29 is 0 Å². The Balaban J connectivity index is 0.000000514. The van der Waals surface area contributed by atoms with Crippen molar-refractivity contribution in [3.63, 3.8) is 0 Å². The summed E-state index contributed by atoms with van der Waals surface area (Å²) in [5.41, 5.74) is 23.0. The molecule has 2 nitrogen and oxygen atoms in total. The molecule has 0 aromatic heterocycles. The van der Waals surface area contributed by atoms with Crippen LogP contribution in [0.1, 0.15) is 38.9 Å². The largest absolute Gasteiger partial charge is 0.398 e. The molecule has 1 spiro atoms. The van der Waals surface area contributed by atoms with Gasteiger partial charge in [0.05, 0.1) is 11.1 Å². The van der Waals surface area contributed by atoms with Gasteiger partial charge in [0, 0.05) is 5.70 Å². The fraction of sp³-hybridized carbons (Fsp3) is 0.0364. The van der Waals surface area contributed by atoms with Crippen molar-refractivity contribution in [3.8, 4) is 33.4 Å². The quantitative estimate of drug-likeness (QED) is 0.174. The molecular formula is C55H40N2. The van der Waals surface area contributed by atoms with Crippen LogP contribution in [0.25, 0.3) is 60.6 Å². The molecule has 2 heteroatoms. The van der Waals surface area contributed by atoms with Crippen LogP contribution in [0.3, 0.4) is 0 Å². The minimum atomic E-state index is -0.470. The van der Waals surface area contributed by atoms with Crippen molar-refractivity contribution in [3.05, 3.63) is 245 Å². The van der Waals surface area contributed by atoms with Crippen LogP contribution in [0.4, 0.5) is 0 Å². The van der Waals surface area contributed by atoms with Crippen molar-refractivity contribution in [1.29, 1.82) is 5.41 Å². The van der Waals surface area contributed by atoms with Crippen LogP contribution in [0, 0.1) is 12.3 Å². The number of nitrogens with one attached hydrogen (secondary N) is 1. The molecule has 2 aliphatic rings. The maximum absolute atomic E-state index is 8.69. The lowest BCUT2D eigenvalue weighted by atomic mass is 9.69. The second-order valence-electron chi connectivity index (χ2n) is 15.1. The summed E-state index contributed by atoms with van der Waals surface area (Å²) in [6, 6.07) is 71.4. The monoisotopic (exact) mass is 728 g/mol. The summed E-state index contributed by atoms with van der Waals surface area (Å²) in [5.74, 6) is 0. The molecule has 0 amide bonds. The molecule has 57 heavy (non-hydrogen) atoms. The van der Waals surface area contributed by atoms with Gasteiger partial charge in [-0.25, -0.2) is 0 Å². The van der Waals surface area contributed by atoms with Crippen LogP contribution in [0.2, 0.25) is 0 Å². The minimum absolute atomic E-state index is 0.391. The van der Waals surface area contributed by atoms with Crippen LogP contribution in [0.5, 0.6) is 0 Å². The van der Waals surface area contributed by atoms with E-state index < -0.39 is 5.41 Å². The highest BCUT2D eigenvalue weighted by atomic mass is 14.6. The number of benzene rings is 9. The van der Waals surface area contributed by atoms with Gasteiger partial charge in [0.15, 0.2) is 0 Å². The molecular weight excluding hydrogens is 689 g/mol. The molecule has 3 N–H and O–H groups in total. The van der Waals surface area contributed by atoms with Gasteiger partial charge in [0.1, 0.15) is 0 Å². The maximum Gasteiger partial charge on any atom is 0.0726 e. The van der Waals surface area contributed by atoms with Gasteiger partial charge in [-0.05, 0) is 126 Å². The Bertz CT molecular complexity index is 3000. The third kappa shape index (κ3) is 5.52. The van der Waals surface area contributed by atoms with Crippen molar-refractivity contribution >= 4 is 33.0 Å². The van der Waals surface area contributed by atoms with Gasteiger partial charge in [0.2, 0.25) is 0 Å². The van der Waals surface area contributed by atoms with E-state index in [4.69, 9.17) is 11.1 Å².